The average molecular weight is 465 g/mol. The van der Waals surface area contributed by atoms with Crippen molar-refractivity contribution in [2.24, 2.45) is 0 Å². The van der Waals surface area contributed by atoms with Crippen LogP contribution in [0, 0.1) is 15.9 Å². The Morgan fingerprint density at radius 2 is 1.85 bits per heavy atom. The molecule has 0 fully saturated rings. The lowest BCUT2D eigenvalue weighted by Crippen LogP contribution is -2.29. The van der Waals surface area contributed by atoms with Crippen LogP contribution in [-0.2, 0) is 6.54 Å². The van der Waals surface area contributed by atoms with Gasteiger partial charge in [-0.1, -0.05) is 41.9 Å². The number of rotatable bonds is 4. The molecule has 0 aliphatic carbocycles. The molecule has 3 aromatic carbocycles. The number of amides is 1. The molecule has 0 saturated heterocycles. The Labute approximate surface area is 190 Å². The number of nitro groups is 1. The van der Waals surface area contributed by atoms with E-state index in [1.807, 2.05) is 0 Å². The first kappa shape index (κ1) is 20.8. The van der Waals surface area contributed by atoms with Gasteiger partial charge in [0.1, 0.15) is 11.4 Å². The van der Waals surface area contributed by atoms with Gasteiger partial charge < -0.3 is 9.32 Å². The summed E-state index contributed by atoms with van der Waals surface area (Å²) in [6.07, 6.45) is 0. The zero-order chi connectivity index (χ0) is 23.3. The maximum absolute atomic E-state index is 13.9. The van der Waals surface area contributed by atoms with Gasteiger partial charge >= 0.3 is 0 Å². The average Bonchev–Trinajstić information content (AvgIpc) is 3.08. The Balaban J connectivity index is 1.76. The standard InChI is InChI=1S/C24H14ClFN2O5/c25-18-7-2-1-4-14(18)12-27-21(13-5-3-6-16(10-13)28(31)32)20-22(29)17-11-15(26)8-9-19(17)33-23(20)24(27)30/h1-11,21H,12H2. The van der Waals surface area contributed by atoms with E-state index in [-0.39, 0.29) is 34.5 Å². The van der Waals surface area contributed by atoms with Crippen LogP contribution in [0.5, 0.6) is 0 Å². The Hall–Kier alpha value is -4.04. The van der Waals surface area contributed by atoms with E-state index in [0.717, 1.165) is 12.1 Å². The Morgan fingerprint density at radius 1 is 1.06 bits per heavy atom. The summed E-state index contributed by atoms with van der Waals surface area (Å²) < 4.78 is 19.6. The molecule has 0 radical (unpaired) electrons. The van der Waals surface area contributed by atoms with Gasteiger partial charge in [0, 0.05) is 23.7 Å². The molecule has 1 aromatic heterocycles. The Bertz CT molecular complexity index is 1520. The van der Waals surface area contributed by atoms with Crippen molar-refractivity contribution in [2.75, 3.05) is 0 Å². The number of nitrogens with zero attached hydrogens (tertiary/aromatic N) is 2. The molecule has 1 aliphatic heterocycles. The number of fused-ring (bicyclic) bond motifs is 2. The highest BCUT2D eigenvalue weighted by molar-refractivity contribution is 6.31. The summed E-state index contributed by atoms with van der Waals surface area (Å²) in [5.74, 6) is -1.37. The lowest BCUT2D eigenvalue weighted by molar-refractivity contribution is -0.384. The third-order valence-corrected chi connectivity index (χ3v) is 5.99. The molecule has 7 nitrogen and oxygen atoms in total. The number of hydrogen-bond donors (Lipinski definition) is 0. The molecule has 1 atom stereocenters. The van der Waals surface area contributed by atoms with E-state index >= 15 is 0 Å². The Kier molecular flexibility index (Phi) is 4.94. The van der Waals surface area contributed by atoms with E-state index in [1.54, 1.807) is 30.3 Å². The fourth-order valence-electron chi connectivity index (χ4n) is 4.12. The van der Waals surface area contributed by atoms with Crippen molar-refractivity contribution in [2.45, 2.75) is 12.6 Å². The summed E-state index contributed by atoms with van der Waals surface area (Å²) in [4.78, 5) is 39.0. The number of halogens is 2. The van der Waals surface area contributed by atoms with Gasteiger partial charge in [0.05, 0.1) is 21.9 Å². The third kappa shape index (κ3) is 3.44. The minimum atomic E-state index is -0.979. The highest BCUT2D eigenvalue weighted by Crippen LogP contribution is 2.40. The predicted molar refractivity (Wildman–Crippen MR) is 119 cm³/mol. The third-order valence-electron chi connectivity index (χ3n) is 5.62. The molecule has 4 aromatic rings. The van der Waals surface area contributed by atoms with Crippen LogP contribution in [-0.4, -0.2) is 15.7 Å². The molecule has 33 heavy (non-hydrogen) atoms. The first-order valence-corrected chi connectivity index (χ1v) is 10.3. The van der Waals surface area contributed by atoms with Gasteiger partial charge in [-0.25, -0.2) is 4.39 Å². The monoisotopic (exact) mass is 464 g/mol. The van der Waals surface area contributed by atoms with Crippen LogP contribution in [0.25, 0.3) is 11.0 Å². The molecular weight excluding hydrogens is 451 g/mol. The van der Waals surface area contributed by atoms with E-state index in [1.165, 1.54) is 29.2 Å². The first-order chi connectivity index (χ1) is 15.8. The van der Waals surface area contributed by atoms with Gasteiger partial charge in [0.15, 0.2) is 5.43 Å². The van der Waals surface area contributed by atoms with Crippen LogP contribution in [0.4, 0.5) is 10.1 Å². The minimum Gasteiger partial charge on any atom is -0.450 e. The molecule has 5 rings (SSSR count). The van der Waals surface area contributed by atoms with Crippen molar-refractivity contribution in [3.8, 4) is 0 Å². The van der Waals surface area contributed by atoms with E-state index in [2.05, 4.69) is 0 Å². The summed E-state index contributed by atoms with van der Waals surface area (Å²) in [5, 5.41) is 11.8. The number of carbonyl (C=O) groups excluding carboxylic acids is 1. The van der Waals surface area contributed by atoms with E-state index < -0.39 is 28.1 Å². The van der Waals surface area contributed by atoms with Gasteiger partial charge in [0.25, 0.3) is 11.6 Å². The van der Waals surface area contributed by atoms with Gasteiger partial charge in [-0.3, -0.25) is 19.7 Å². The van der Waals surface area contributed by atoms with E-state index in [4.69, 9.17) is 16.0 Å². The second-order valence-corrected chi connectivity index (χ2v) is 8.00. The van der Waals surface area contributed by atoms with Crippen LogP contribution < -0.4 is 5.43 Å². The number of hydrogen-bond acceptors (Lipinski definition) is 5. The summed E-state index contributed by atoms with van der Waals surface area (Å²) in [7, 11) is 0. The SMILES string of the molecule is O=C1c2oc3ccc(F)cc3c(=O)c2C(c2cccc([N+](=O)[O-])c2)N1Cc1ccccc1Cl. The van der Waals surface area contributed by atoms with Gasteiger partial charge in [-0.2, -0.15) is 0 Å². The molecular formula is C24H14ClFN2O5. The van der Waals surface area contributed by atoms with Gasteiger partial charge in [-0.15, -0.1) is 0 Å². The lowest BCUT2D eigenvalue weighted by Gasteiger charge is -2.25. The summed E-state index contributed by atoms with van der Waals surface area (Å²) in [6.45, 7) is 0.0280. The van der Waals surface area contributed by atoms with Crippen LogP contribution in [0.2, 0.25) is 5.02 Å². The van der Waals surface area contributed by atoms with Crippen LogP contribution >= 0.6 is 11.6 Å². The molecule has 9 heteroatoms. The second-order valence-electron chi connectivity index (χ2n) is 7.59. The molecule has 0 N–H and O–H groups in total. The zero-order valence-corrected chi connectivity index (χ0v) is 17.6. The number of nitro benzene ring substituents is 1. The lowest BCUT2D eigenvalue weighted by atomic mass is 9.98. The van der Waals surface area contributed by atoms with Crippen LogP contribution in [0.15, 0.2) is 75.9 Å². The minimum absolute atomic E-state index is 0.00523. The number of carbonyl (C=O) groups is 1. The van der Waals surface area contributed by atoms with E-state index in [0.29, 0.717) is 16.1 Å². The zero-order valence-electron chi connectivity index (χ0n) is 16.8. The van der Waals surface area contributed by atoms with Crippen molar-refractivity contribution >= 4 is 34.2 Å². The maximum Gasteiger partial charge on any atom is 0.291 e. The van der Waals surface area contributed by atoms with Crippen molar-refractivity contribution < 1.29 is 18.5 Å². The maximum atomic E-state index is 13.9. The summed E-state index contributed by atoms with van der Waals surface area (Å²) >= 11 is 6.30. The van der Waals surface area contributed by atoms with Crippen molar-refractivity contribution in [3.63, 3.8) is 0 Å². The fourth-order valence-corrected chi connectivity index (χ4v) is 4.32. The molecule has 0 bridgehead atoms. The molecule has 164 valence electrons. The number of benzene rings is 3. The highest BCUT2D eigenvalue weighted by atomic mass is 35.5. The summed E-state index contributed by atoms with van der Waals surface area (Å²) in [6, 6.07) is 15.1. The molecule has 0 saturated carbocycles. The molecule has 0 spiro atoms. The van der Waals surface area contributed by atoms with Gasteiger partial charge in [-0.05, 0) is 35.4 Å². The normalized spacial score (nSPS) is 15.2. The quantitative estimate of drug-likeness (QED) is 0.304. The molecule has 2 heterocycles. The predicted octanol–water partition coefficient (Wildman–Crippen LogP) is 5.24. The number of non-ortho nitro benzene ring substituents is 1. The van der Waals surface area contributed by atoms with Gasteiger partial charge in [0.2, 0.25) is 5.76 Å². The Morgan fingerprint density at radius 3 is 2.61 bits per heavy atom. The van der Waals surface area contributed by atoms with Crippen molar-refractivity contribution in [3.05, 3.63) is 120 Å². The second kappa shape index (κ2) is 7.83. The first-order valence-electron chi connectivity index (χ1n) is 9.90. The fraction of sp³-hybridized carbons (Fsp3) is 0.0833. The van der Waals surface area contributed by atoms with Crippen LogP contribution in [0.3, 0.4) is 0 Å². The topological polar surface area (TPSA) is 93.7 Å². The smallest absolute Gasteiger partial charge is 0.291 e. The molecule has 1 unspecified atom stereocenters. The van der Waals surface area contributed by atoms with E-state index in [9.17, 15) is 24.1 Å². The van der Waals surface area contributed by atoms with Crippen LogP contribution in [0.1, 0.15) is 33.3 Å². The molecule has 1 aliphatic rings. The molecule has 1 amide bonds. The largest absolute Gasteiger partial charge is 0.450 e. The summed E-state index contributed by atoms with van der Waals surface area (Å²) in [5.41, 5.74) is 0.293. The highest BCUT2D eigenvalue weighted by Gasteiger charge is 2.43. The van der Waals surface area contributed by atoms with Crippen molar-refractivity contribution in [1.82, 2.24) is 4.90 Å². The van der Waals surface area contributed by atoms with Crippen molar-refractivity contribution in [1.29, 1.82) is 0 Å².